The smallest absolute Gasteiger partial charge is 0.249 e. The van der Waals surface area contributed by atoms with Gasteiger partial charge in [-0.2, -0.15) is 0 Å². The number of hydrogen-bond acceptors (Lipinski definition) is 4. The molecule has 1 amide bonds. The number of rotatable bonds is 6. The van der Waals surface area contributed by atoms with Gasteiger partial charge in [-0.25, -0.2) is 0 Å². The maximum absolute atomic E-state index is 12.4. The molecule has 1 aromatic rings. The Labute approximate surface area is 130 Å². The number of methoxy groups -OCH3 is 1. The molecule has 1 aliphatic carbocycles. The number of likely N-dealkylation sites (tertiary alicyclic amines) is 1. The third kappa shape index (κ3) is 3.59. The summed E-state index contributed by atoms with van der Waals surface area (Å²) in [7, 11) is 1.62. The van der Waals surface area contributed by atoms with Crippen molar-refractivity contribution in [2.24, 2.45) is 5.92 Å². The van der Waals surface area contributed by atoms with E-state index in [0.29, 0.717) is 25.5 Å². The quantitative estimate of drug-likeness (QED) is 0.870. The minimum atomic E-state index is -0.483. The summed E-state index contributed by atoms with van der Waals surface area (Å²) in [6, 6.07) is 7.57. The molecule has 0 unspecified atom stereocenters. The number of benzene rings is 1. The van der Waals surface area contributed by atoms with Gasteiger partial charge < -0.3 is 19.5 Å². The fourth-order valence-corrected chi connectivity index (χ4v) is 2.93. The Balaban J connectivity index is 1.66. The molecule has 22 heavy (non-hydrogen) atoms. The van der Waals surface area contributed by atoms with Gasteiger partial charge in [0.2, 0.25) is 5.91 Å². The average Bonchev–Trinajstić information content (AvgIpc) is 3.27. The molecular formula is C17H23NO4. The second kappa shape index (κ2) is 6.67. The van der Waals surface area contributed by atoms with Crippen LogP contribution < -0.4 is 4.74 Å². The maximum atomic E-state index is 12.4. The highest BCUT2D eigenvalue weighted by Crippen LogP contribution is 2.34. The predicted octanol–water partition coefficient (Wildman–Crippen LogP) is 1.76. The van der Waals surface area contributed by atoms with Gasteiger partial charge in [0.15, 0.2) is 0 Å². The predicted molar refractivity (Wildman–Crippen MR) is 81.6 cm³/mol. The van der Waals surface area contributed by atoms with E-state index in [1.54, 1.807) is 12.0 Å². The van der Waals surface area contributed by atoms with E-state index in [-0.39, 0.29) is 18.6 Å². The zero-order valence-electron chi connectivity index (χ0n) is 12.9. The van der Waals surface area contributed by atoms with Crippen LogP contribution in [0.4, 0.5) is 0 Å². The number of aliphatic hydroxyl groups excluding tert-OH is 1. The molecule has 0 aromatic heterocycles. The lowest BCUT2D eigenvalue weighted by Crippen LogP contribution is -2.34. The minimum Gasteiger partial charge on any atom is -0.497 e. The second-order valence-corrected chi connectivity index (χ2v) is 6.19. The summed E-state index contributed by atoms with van der Waals surface area (Å²) in [5.41, 5.74) is 0.992. The number of hydrogen-bond donors (Lipinski definition) is 1. The van der Waals surface area contributed by atoms with Gasteiger partial charge in [0.05, 0.1) is 25.9 Å². The highest BCUT2D eigenvalue weighted by molar-refractivity contribution is 5.78. The van der Waals surface area contributed by atoms with Gasteiger partial charge in [0.1, 0.15) is 12.4 Å². The highest BCUT2D eigenvalue weighted by atomic mass is 16.5. The van der Waals surface area contributed by atoms with Crippen molar-refractivity contribution in [3.05, 3.63) is 29.8 Å². The maximum Gasteiger partial charge on any atom is 0.249 e. The summed E-state index contributed by atoms with van der Waals surface area (Å²) in [5, 5.41) is 9.96. The number of β-amino-alcohol motifs (C(OH)–C–C–N with tert-alkyl or cyclic N) is 1. The monoisotopic (exact) mass is 305 g/mol. The van der Waals surface area contributed by atoms with Gasteiger partial charge in [-0.1, -0.05) is 12.1 Å². The lowest BCUT2D eigenvalue weighted by molar-refractivity contribution is -0.137. The van der Waals surface area contributed by atoms with E-state index in [4.69, 9.17) is 9.47 Å². The van der Waals surface area contributed by atoms with Crippen molar-refractivity contribution in [1.29, 1.82) is 0 Å². The van der Waals surface area contributed by atoms with Crippen molar-refractivity contribution in [2.45, 2.75) is 31.4 Å². The molecule has 1 heterocycles. The summed E-state index contributed by atoms with van der Waals surface area (Å²) >= 11 is 0. The molecule has 1 N–H and O–H groups in total. The van der Waals surface area contributed by atoms with Crippen LogP contribution in [-0.4, -0.2) is 48.9 Å². The number of amides is 1. The molecule has 0 radical (unpaired) electrons. The molecule has 1 saturated carbocycles. The number of carbonyl (C=O) groups is 1. The van der Waals surface area contributed by atoms with Crippen LogP contribution in [0.5, 0.6) is 5.75 Å². The molecule has 0 spiro atoms. The van der Waals surface area contributed by atoms with E-state index < -0.39 is 6.10 Å². The van der Waals surface area contributed by atoms with Crippen LogP contribution in [-0.2, 0) is 9.53 Å². The summed E-state index contributed by atoms with van der Waals surface area (Å²) in [5.74, 6) is 1.35. The Morgan fingerprint density at radius 3 is 2.95 bits per heavy atom. The van der Waals surface area contributed by atoms with E-state index in [2.05, 4.69) is 0 Å². The van der Waals surface area contributed by atoms with E-state index in [1.165, 1.54) is 12.8 Å². The Morgan fingerprint density at radius 1 is 1.41 bits per heavy atom. The van der Waals surface area contributed by atoms with Gasteiger partial charge in [-0.05, 0) is 42.9 Å². The van der Waals surface area contributed by atoms with Crippen molar-refractivity contribution >= 4 is 5.91 Å². The zero-order valence-corrected chi connectivity index (χ0v) is 12.9. The van der Waals surface area contributed by atoms with Crippen molar-refractivity contribution in [3.8, 4) is 5.75 Å². The topological polar surface area (TPSA) is 59.0 Å². The number of nitrogens with zero attached hydrogens (tertiary/aromatic N) is 1. The molecule has 1 aliphatic heterocycles. The van der Waals surface area contributed by atoms with Crippen LogP contribution in [0.1, 0.15) is 30.9 Å². The van der Waals surface area contributed by atoms with Crippen molar-refractivity contribution in [2.75, 3.05) is 26.9 Å². The van der Waals surface area contributed by atoms with E-state index >= 15 is 0 Å². The molecular weight excluding hydrogens is 282 g/mol. The van der Waals surface area contributed by atoms with E-state index in [1.807, 2.05) is 24.3 Å². The Hall–Kier alpha value is -1.59. The first kappa shape index (κ1) is 15.3. The van der Waals surface area contributed by atoms with Crippen LogP contribution in [0.25, 0.3) is 0 Å². The van der Waals surface area contributed by atoms with Gasteiger partial charge in [0, 0.05) is 6.54 Å². The van der Waals surface area contributed by atoms with Crippen LogP contribution in [0, 0.1) is 5.92 Å². The molecule has 0 bridgehead atoms. The van der Waals surface area contributed by atoms with Crippen LogP contribution in [0.2, 0.25) is 0 Å². The largest absolute Gasteiger partial charge is 0.497 e. The SMILES string of the molecule is COc1cccc([C@@H]2C[C@H](O)CN2C(=O)COCC2CC2)c1. The third-order valence-electron chi connectivity index (χ3n) is 4.35. The summed E-state index contributed by atoms with van der Waals surface area (Å²) in [4.78, 5) is 14.1. The van der Waals surface area contributed by atoms with Gasteiger partial charge in [-0.15, -0.1) is 0 Å². The minimum absolute atomic E-state index is 0.0509. The van der Waals surface area contributed by atoms with Crippen LogP contribution in [0.15, 0.2) is 24.3 Å². The van der Waals surface area contributed by atoms with Gasteiger partial charge >= 0.3 is 0 Å². The second-order valence-electron chi connectivity index (χ2n) is 6.19. The molecule has 2 fully saturated rings. The van der Waals surface area contributed by atoms with Crippen molar-refractivity contribution in [1.82, 2.24) is 4.90 Å². The molecule has 2 aliphatic rings. The number of aliphatic hydroxyl groups is 1. The molecule has 1 saturated heterocycles. The van der Waals surface area contributed by atoms with Gasteiger partial charge in [-0.3, -0.25) is 4.79 Å². The summed E-state index contributed by atoms with van der Waals surface area (Å²) < 4.78 is 10.7. The zero-order chi connectivity index (χ0) is 15.5. The van der Waals surface area contributed by atoms with Gasteiger partial charge in [0.25, 0.3) is 0 Å². The molecule has 2 atom stereocenters. The summed E-state index contributed by atoms with van der Waals surface area (Å²) in [6.45, 7) is 1.14. The van der Waals surface area contributed by atoms with Crippen molar-refractivity contribution in [3.63, 3.8) is 0 Å². The molecule has 120 valence electrons. The van der Waals surface area contributed by atoms with E-state index in [9.17, 15) is 9.90 Å². The fourth-order valence-electron chi connectivity index (χ4n) is 2.93. The Bertz CT molecular complexity index is 529. The lowest BCUT2D eigenvalue weighted by Gasteiger charge is -2.25. The molecule has 3 rings (SSSR count). The normalized spacial score (nSPS) is 24.5. The summed E-state index contributed by atoms with van der Waals surface area (Å²) in [6.07, 6.45) is 2.50. The standard InChI is InChI=1S/C17H23NO4/c1-21-15-4-2-3-13(7-15)16-8-14(19)9-18(16)17(20)11-22-10-12-5-6-12/h2-4,7,12,14,16,19H,5-6,8-11H2,1H3/t14-,16-/m0/s1. The third-order valence-corrected chi connectivity index (χ3v) is 4.35. The first-order valence-electron chi connectivity index (χ1n) is 7.86. The molecule has 1 aromatic carbocycles. The van der Waals surface area contributed by atoms with Crippen molar-refractivity contribution < 1.29 is 19.4 Å². The first-order chi connectivity index (χ1) is 10.7. The average molecular weight is 305 g/mol. The lowest BCUT2D eigenvalue weighted by atomic mass is 10.0. The molecule has 5 nitrogen and oxygen atoms in total. The van der Waals surface area contributed by atoms with E-state index in [0.717, 1.165) is 11.3 Å². The number of carbonyl (C=O) groups excluding carboxylic acids is 1. The first-order valence-corrected chi connectivity index (χ1v) is 7.86. The molecule has 5 heteroatoms. The Kier molecular flexibility index (Phi) is 4.64. The fraction of sp³-hybridized carbons (Fsp3) is 0.588. The number of ether oxygens (including phenoxy) is 2. The Morgan fingerprint density at radius 2 is 2.23 bits per heavy atom. The highest BCUT2D eigenvalue weighted by Gasteiger charge is 2.35. The van der Waals surface area contributed by atoms with Crippen LogP contribution in [0.3, 0.4) is 0 Å². The van der Waals surface area contributed by atoms with Crippen LogP contribution >= 0.6 is 0 Å².